The predicted octanol–water partition coefficient (Wildman–Crippen LogP) is 0.649. The first-order valence-corrected chi connectivity index (χ1v) is 4.27. The summed E-state index contributed by atoms with van der Waals surface area (Å²) in [6.07, 6.45) is 2.45. The number of likely N-dealkylation sites (tertiary alicyclic amines) is 1. The van der Waals surface area contributed by atoms with Crippen molar-refractivity contribution in [3.63, 3.8) is 0 Å². The van der Waals surface area contributed by atoms with Gasteiger partial charge in [-0.2, -0.15) is 5.06 Å². The monoisotopic (exact) mass is 158 g/mol. The standard InChI is InChI=1S/C8H18N2O/c1-9-5-3-8(4-6-9)7-10(2)11/h8,11H,3-7H2,1-2H3. The van der Waals surface area contributed by atoms with Gasteiger partial charge in [-0.25, -0.2) is 0 Å². The zero-order chi connectivity index (χ0) is 8.27. The Morgan fingerprint density at radius 3 is 2.45 bits per heavy atom. The van der Waals surface area contributed by atoms with Crippen LogP contribution >= 0.6 is 0 Å². The summed E-state index contributed by atoms with van der Waals surface area (Å²) in [5, 5.41) is 10.3. The molecule has 1 aliphatic heterocycles. The molecule has 1 saturated heterocycles. The number of rotatable bonds is 2. The Hall–Kier alpha value is -0.120. The molecular weight excluding hydrogens is 140 g/mol. The molecule has 1 fully saturated rings. The highest BCUT2D eigenvalue weighted by atomic mass is 16.5. The highest BCUT2D eigenvalue weighted by molar-refractivity contribution is 4.70. The second-order valence-electron chi connectivity index (χ2n) is 3.59. The summed E-state index contributed by atoms with van der Waals surface area (Å²) in [5.41, 5.74) is 0. The fourth-order valence-corrected chi connectivity index (χ4v) is 1.62. The second-order valence-corrected chi connectivity index (χ2v) is 3.59. The largest absolute Gasteiger partial charge is 0.314 e. The summed E-state index contributed by atoms with van der Waals surface area (Å²) in [4.78, 5) is 2.34. The van der Waals surface area contributed by atoms with E-state index in [1.165, 1.54) is 31.0 Å². The van der Waals surface area contributed by atoms with Crippen LogP contribution in [0.2, 0.25) is 0 Å². The van der Waals surface area contributed by atoms with Crippen LogP contribution in [0.5, 0.6) is 0 Å². The first-order valence-electron chi connectivity index (χ1n) is 4.27. The fourth-order valence-electron chi connectivity index (χ4n) is 1.62. The van der Waals surface area contributed by atoms with Gasteiger partial charge in [0.25, 0.3) is 0 Å². The Bertz CT molecular complexity index is 109. The van der Waals surface area contributed by atoms with Gasteiger partial charge in [0.05, 0.1) is 0 Å². The van der Waals surface area contributed by atoms with Gasteiger partial charge in [0, 0.05) is 13.6 Å². The van der Waals surface area contributed by atoms with E-state index in [1.54, 1.807) is 7.05 Å². The number of nitrogens with zero attached hydrogens (tertiary/aromatic N) is 2. The van der Waals surface area contributed by atoms with Crippen molar-refractivity contribution in [2.24, 2.45) is 5.92 Å². The Kier molecular flexibility index (Phi) is 3.30. The molecule has 0 bridgehead atoms. The first-order chi connectivity index (χ1) is 5.18. The molecule has 0 amide bonds. The van der Waals surface area contributed by atoms with Gasteiger partial charge in [-0.1, -0.05) is 0 Å². The van der Waals surface area contributed by atoms with Gasteiger partial charge in [-0.3, -0.25) is 0 Å². The summed E-state index contributed by atoms with van der Waals surface area (Å²) in [6, 6.07) is 0. The lowest BCUT2D eigenvalue weighted by atomic mass is 9.97. The van der Waals surface area contributed by atoms with Gasteiger partial charge in [0.2, 0.25) is 0 Å². The fraction of sp³-hybridized carbons (Fsp3) is 1.00. The molecule has 1 rings (SSSR count). The van der Waals surface area contributed by atoms with Crippen LogP contribution in [0.15, 0.2) is 0 Å². The smallest absolute Gasteiger partial charge is 0.0264 e. The minimum Gasteiger partial charge on any atom is -0.314 e. The van der Waals surface area contributed by atoms with Gasteiger partial charge in [0.1, 0.15) is 0 Å². The van der Waals surface area contributed by atoms with E-state index in [0.29, 0.717) is 5.92 Å². The number of hydrogen-bond donors (Lipinski definition) is 1. The second kappa shape index (κ2) is 4.04. The summed E-state index contributed by atoms with van der Waals surface area (Å²) in [6.45, 7) is 3.19. The lowest BCUT2D eigenvalue weighted by Gasteiger charge is -2.29. The minimum atomic E-state index is 0.696. The molecule has 66 valence electrons. The molecular formula is C8H18N2O. The molecule has 3 heteroatoms. The normalized spacial score (nSPS) is 22.9. The average Bonchev–Trinajstić information content (AvgIpc) is 1.93. The molecule has 0 unspecified atom stereocenters. The van der Waals surface area contributed by atoms with Crippen molar-refractivity contribution in [2.75, 3.05) is 33.7 Å². The summed E-state index contributed by atoms with van der Waals surface area (Å²) in [5.74, 6) is 0.696. The van der Waals surface area contributed by atoms with E-state index >= 15 is 0 Å². The van der Waals surface area contributed by atoms with Crippen LogP contribution in [0, 0.1) is 5.92 Å². The van der Waals surface area contributed by atoms with Crippen LogP contribution in [0.1, 0.15) is 12.8 Å². The molecule has 0 aromatic carbocycles. The van der Waals surface area contributed by atoms with Gasteiger partial charge >= 0.3 is 0 Å². The van der Waals surface area contributed by atoms with Crippen molar-refractivity contribution in [3.05, 3.63) is 0 Å². The lowest BCUT2D eigenvalue weighted by Crippen LogP contribution is -2.34. The molecule has 1 aliphatic rings. The van der Waals surface area contributed by atoms with Gasteiger partial charge in [-0.15, -0.1) is 0 Å². The third-order valence-electron chi connectivity index (χ3n) is 2.36. The molecule has 0 aromatic heterocycles. The molecule has 0 radical (unpaired) electrons. The molecule has 0 aromatic rings. The molecule has 0 atom stereocenters. The predicted molar refractivity (Wildman–Crippen MR) is 44.6 cm³/mol. The Morgan fingerprint density at radius 1 is 1.45 bits per heavy atom. The highest BCUT2D eigenvalue weighted by Gasteiger charge is 2.17. The van der Waals surface area contributed by atoms with Crippen molar-refractivity contribution in [2.45, 2.75) is 12.8 Å². The van der Waals surface area contributed by atoms with Crippen LogP contribution in [0.4, 0.5) is 0 Å². The number of hydroxylamine groups is 2. The van der Waals surface area contributed by atoms with Crippen LogP contribution in [-0.4, -0.2) is 48.9 Å². The van der Waals surface area contributed by atoms with Gasteiger partial charge in [0.15, 0.2) is 0 Å². The molecule has 3 nitrogen and oxygen atoms in total. The van der Waals surface area contributed by atoms with Crippen molar-refractivity contribution in [1.82, 2.24) is 9.96 Å². The summed E-state index contributed by atoms with van der Waals surface area (Å²) in [7, 11) is 3.87. The van der Waals surface area contributed by atoms with E-state index < -0.39 is 0 Å². The van der Waals surface area contributed by atoms with Gasteiger partial charge in [-0.05, 0) is 38.9 Å². The molecule has 1 N–H and O–H groups in total. The van der Waals surface area contributed by atoms with Crippen molar-refractivity contribution >= 4 is 0 Å². The van der Waals surface area contributed by atoms with Gasteiger partial charge < -0.3 is 10.1 Å². The van der Waals surface area contributed by atoms with E-state index in [-0.39, 0.29) is 0 Å². The Labute approximate surface area is 68.6 Å². The van der Waals surface area contributed by atoms with E-state index in [2.05, 4.69) is 11.9 Å². The van der Waals surface area contributed by atoms with E-state index in [0.717, 1.165) is 6.54 Å². The van der Waals surface area contributed by atoms with E-state index in [1.807, 2.05) is 0 Å². The minimum absolute atomic E-state index is 0.696. The SMILES string of the molecule is CN(O)CC1CCN(C)CC1. The molecule has 0 saturated carbocycles. The summed E-state index contributed by atoms with van der Waals surface area (Å²) >= 11 is 0. The topological polar surface area (TPSA) is 26.7 Å². The Morgan fingerprint density at radius 2 is 2.00 bits per heavy atom. The zero-order valence-electron chi connectivity index (χ0n) is 7.45. The van der Waals surface area contributed by atoms with Crippen LogP contribution in [0.25, 0.3) is 0 Å². The van der Waals surface area contributed by atoms with E-state index in [9.17, 15) is 0 Å². The maximum atomic E-state index is 8.99. The van der Waals surface area contributed by atoms with Crippen LogP contribution in [0.3, 0.4) is 0 Å². The maximum Gasteiger partial charge on any atom is 0.0264 e. The zero-order valence-corrected chi connectivity index (χ0v) is 7.45. The highest BCUT2D eigenvalue weighted by Crippen LogP contribution is 2.15. The maximum absolute atomic E-state index is 8.99. The van der Waals surface area contributed by atoms with Crippen LogP contribution < -0.4 is 0 Å². The van der Waals surface area contributed by atoms with Crippen molar-refractivity contribution < 1.29 is 5.21 Å². The Balaban J connectivity index is 2.17. The third-order valence-corrected chi connectivity index (χ3v) is 2.36. The summed E-state index contributed by atoms with van der Waals surface area (Å²) < 4.78 is 0. The third kappa shape index (κ3) is 3.18. The van der Waals surface area contributed by atoms with E-state index in [4.69, 9.17) is 5.21 Å². The molecule has 11 heavy (non-hydrogen) atoms. The molecule has 0 spiro atoms. The number of piperidine rings is 1. The molecule has 1 heterocycles. The average molecular weight is 158 g/mol. The first kappa shape index (κ1) is 8.97. The molecule has 0 aliphatic carbocycles. The van der Waals surface area contributed by atoms with Crippen molar-refractivity contribution in [3.8, 4) is 0 Å². The quantitative estimate of drug-likeness (QED) is 0.598. The lowest BCUT2D eigenvalue weighted by molar-refractivity contribution is -0.0805. The number of hydrogen-bond acceptors (Lipinski definition) is 3. The van der Waals surface area contributed by atoms with Crippen molar-refractivity contribution in [1.29, 1.82) is 0 Å². The van der Waals surface area contributed by atoms with Crippen LogP contribution in [-0.2, 0) is 0 Å².